The van der Waals surface area contributed by atoms with Crippen molar-refractivity contribution >= 4 is 0 Å². The van der Waals surface area contributed by atoms with E-state index in [2.05, 4.69) is 28.8 Å². The van der Waals surface area contributed by atoms with Crippen molar-refractivity contribution in [2.45, 2.75) is 52.3 Å². The fraction of sp³-hybridized carbons (Fsp3) is 0.846. The largest absolute Gasteiger partial charge is 0.390 e. The summed E-state index contributed by atoms with van der Waals surface area (Å²) in [5.41, 5.74) is -0.510. The fourth-order valence-corrected chi connectivity index (χ4v) is 2.78. The minimum atomic E-state index is -0.510. The Hall–Kier alpha value is -0.940. The molecule has 5 heteroatoms. The van der Waals surface area contributed by atoms with Crippen molar-refractivity contribution in [3.8, 4) is 0 Å². The van der Waals surface area contributed by atoms with Crippen LogP contribution in [0.5, 0.6) is 0 Å². The van der Waals surface area contributed by atoms with Gasteiger partial charge in [-0.1, -0.05) is 6.92 Å². The summed E-state index contributed by atoms with van der Waals surface area (Å²) < 4.78 is 1.94. The van der Waals surface area contributed by atoms with E-state index in [0.29, 0.717) is 5.92 Å². The Bertz CT molecular complexity index is 388. The zero-order chi connectivity index (χ0) is 13.2. The summed E-state index contributed by atoms with van der Waals surface area (Å²) in [5, 5.41) is 14.5. The molecule has 2 atom stereocenters. The first-order chi connectivity index (χ1) is 8.56. The molecule has 1 N–H and O–H groups in total. The van der Waals surface area contributed by atoms with Crippen LogP contribution in [0, 0.1) is 5.92 Å². The van der Waals surface area contributed by atoms with E-state index in [1.165, 1.54) is 0 Å². The van der Waals surface area contributed by atoms with Gasteiger partial charge in [0.1, 0.15) is 12.2 Å². The van der Waals surface area contributed by atoms with Gasteiger partial charge in [-0.15, -0.1) is 0 Å². The third kappa shape index (κ3) is 2.72. The SMILES string of the molecule is CC[C@H]1CN(Cc2ncnn2CC)CC[C@@]1(C)O. The minimum Gasteiger partial charge on any atom is -0.390 e. The molecule has 102 valence electrons. The maximum Gasteiger partial charge on any atom is 0.140 e. The van der Waals surface area contributed by atoms with E-state index in [1.807, 2.05) is 11.6 Å². The van der Waals surface area contributed by atoms with Crippen LogP contribution in [0.4, 0.5) is 0 Å². The molecule has 1 aliphatic rings. The van der Waals surface area contributed by atoms with E-state index >= 15 is 0 Å². The summed E-state index contributed by atoms with van der Waals surface area (Å²) in [6, 6.07) is 0. The van der Waals surface area contributed by atoms with Crippen molar-refractivity contribution in [3.05, 3.63) is 12.2 Å². The van der Waals surface area contributed by atoms with E-state index in [-0.39, 0.29) is 0 Å². The van der Waals surface area contributed by atoms with E-state index in [9.17, 15) is 5.11 Å². The topological polar surface area (TPSA) is 54.2 Å². The summed E-state index contributed by atoms with van der Waals surface area (Å²) in [5.74, 6) is 1.37. The maximum absolute atomic E-state index is 10.3. The lowest BCUT2D eigenvalue weighted by atomic mass is 9.81. The third-order valence-corrected chi connectivity index (χ3v) is 4.15. The number of hydrogen-bond acceptors (Lipinski definition) is 4. The van der Waals surface area contributed by atoms with E-state index in [1.54, 1.807) is 6.33 Å². The number of nitrogens with zero attached hydrogens (tertiary/aromatic N) is 4. The van der Waals surface area contributed by atoms with E-state index < -0.39 is 5.60 Å². The van der Waals surface area contributed by atoms with Crippen molar-refractivity contribution in [2.75, 3.05) is 13.1 Å². The van der Waals surface area contributed by atoms with Gasteiger partial charge >= 0.3 is 0 Å². The second-order valence-electron chi connectivity index (χ2n) is 5.44. The van der Waals surface area contributed by atoms with Gasteiger partial charge < -0.3 is 5.11 Å². The fourth-order valence-electron chi connectivity index (χ4n) is 2.78. The van der Waals surface area contributed by atoms with Crippen molar-refractivity contribution in [1.29, 1.82) is 0 Å². The standard InChI is InChI=1S/C13H24N4O/c1-4-11-8-16(7-6-13(11,3)18)9-12-14-10-15-17(12)5-2/h10-11,18H,4-9H2,1-3H3/t11-,13+/m0/s1. The maximum atomic E-state index is 10.3. The highest BCUT2D eigenvalue weighted by Crippen LogP contribution is 2.30. The molecule has 2 rings (SSSR count). The molecule has 18 heavy (non-hydrogen) atoms. The number of piperidine rings is 1. The van der Waals surface area contributed by atoms with Gasteiger partial charge in [0.15, 0.2) is 0 Å². The van der Waals surface area contributed by atoms with Crippen LogP contribution in [0.3, 0.4) is 0 Å². The van der Waals surface area contributed by atoms with Crippen molar-refractivity contribution in [3.63, 3.8) is 0 Å². The molecule has 1 aromatic rings. The van der Waals surface area contributed by atoms with Gasteiger partial charge in [0.05, 0.1) is 12.1 Å². The quantitative estimate of drug-likeness (QED) is 0.877. The zero-order valence-corrected chi connectivity index (χ0v) is 11.6. The van der Waals surface area contributed by atoms with Crippen LogP contribution in [0.2, 0.25) is 0 Å². The molecule has 5 nitrogen and oxygen atoms in total. The lowest BCUT2D eigenvalue weighted by Gasteiger charge is -2.42. The highest BCUT2D eigenvalue weighted by Gasteiger charge is 2.36. The van der Waals surface area contributed by atoms with Gasteiger partial charge in [0.2, 0.25) is 0 Å². The highest BCUT2D eigenvalue weighted by atomic mass is 16.3. The average molecular weight is 252 g/mol. The van der Waals surface area contributed by atoms with Gasteiger partial charge in [-0.2, -0.15) is 5.10 Å². The molecule has 1 aliphatic heterocycles. The van der Waals surface area contributed by atoms with Gasteiger partial charge in [0, 0.05) is 19.6 Å². The summed E-state index contributed by atoms with van der Waals surface area (Å²) in [6.45, 7) is 9.76. The number of aryl methyl sites for hydroxylation is 1. The van der Waals surface area contributed by atoms with Crippen LogP contribution in [0.15, 0.2) is 6.33 Å². The van der Waals surface area contributed by atoms with Crippen LogP contribution in [0.25, 0.3) is 0 Å². The molecular formula is C13H24N4O. The number of aromatic nitrogens is 3. The molecule has 1 aromatic heterocycles. The molecule has 0 aromatic carbocycles. The summed E-state index contributed by atoms with van der Waals surface area (Å²) >= 11 is 0. The number of hydrogen-bond donors (Lipinski definition) is 1. The Morgan fingerprint density at radius 1 is 1.50 bits per heavy atom. The molecular weight excluding hydrogens is 228 g/mol. The van der Waals surface area contributed by atoms with Crippen LogP contribution in [0.1, 0.15) is 39.4 Å². The predicted octanol–water partition coefficient (Wildman–Crippen LogP) is 1.28. The van der Waals surface area contributed by atoms with Crippen LogP contribution in [-0.4, -0.2) is 43.5 Å². The van der Waals surface area contributed by atoms with Crippen LogP contribution < -0.4 is 0 Å². The molecule has 0 unspecified atom stereocenters. The van der Waals surface area contributed by atoms with Crippen LogP contribution in [-0.2, 0) is 13.1 Å². The summed E-state index contributed by atoms with van der Waals surface area (Å²) in [7, 11) is 0. The predicted molar refractivity (Wildman–Crippen MR) is 70.0 cm³/mol. The van der Waals surface area contributed by atoms with Gasteiger partial charge in [-0.05, 0) is 32.6 Å². The molecule has 0 amide bonds. The lowest BCUT2D eigenvalue weighted by molar-refractivity contribution is -0.0614. The highest BCUT2D eigenvalue weighted by molar-refractivity contribution is 4.92. The Morgan fingerprint density at radius 3 is 2.94 bits per heavy atom. The Morgan fingerprint density at radius 2 is 2.28 bits per heavy atom. The molecule has 0 aliphatic carbocycles. The minimum absolute atomic E-state index is 0.351. The number of rotatable bonds is 4. The van der Waals surface area contributed by atoms with Gasteiger partial charge in [-0.3, -0.25) is 4.90 Å². The number of likely N-dealkylation sites (tertiary alicyclic amines) is 1. The third-order valence-electron chi connectivity index (χ3n) is 4.15. The Kier molecular flexibility index (Phi) is 4.02. The normalized spacial score (nSPS) is 29.7. The first-order valence-electron chi connectivity index (χ1n) is 6.88. The second kappa shape index (κ2) is 5.36. The van der Waals surface area contributed by atoms with Gasteiger partial charge in [0.25, 0.3) is 0 Å². The molecule has 0 saturated carbocycles. The molecule has 2 heterocycles. The Labute approximate surface area is 109 Å². The van der Waals surface area contributed by atoms with Crippen molar-refractivity contribution in [1.82, 2.24) is 19.7 Å². The second-order valence-corrected chi connectivity index (χ2v) is 5.44. The Balaban J connectivity index is 2.00. The average Bonchev–Trinajstić information content (AvgIpc) is 2.78. The molecule has 1 saturated heterocycles. The molecule has 1 fully saturated rings. The van der Waals surface area contributed by atoms with Crippen molar-refractivity contribution in [2.24, 2.45) is 5.92 Å². The summed E-state index contributed by atoms with van der Waals surface area (Å²) in [6.07, 6.45) is 3.48. The monoisotopic (exact) mass is 252 g/mol. The zero-order valence-electron chi connectivity index (χ0n) is 11.6. The first-order valence-corrected chi connectivity index (χ1v) is 6.88. The van der Waals surface area contributed by atoms with E-state index in [0.717, 1.165) is 44.8 Å². The van der Waals surface area contributed by atoms with Gasteiger partial charge in [-0.25, -0.2) is 9.67 Å². The van der Waals surface area contributed by atoms with E-state index in [4.69, 9.17) is 0 Å². The molecule has 0 spiro atoms. The molecule has 0 radical (unpaired) electrons. The first kappa shape index (κ1) is 13.5. The van der Waals surface area contributed by atoms with Crippen LogP contribution >= 0.6 is 0 Å². The lowest BCUT2D eigenvalue weighted by Crippen LogP contribution is -2.49. The van der Waals surface area contributed by atoms with Crippen molar-refractivity contribution < 1.29 is 5.11 Å². The summed E-state index contributed by atoms with van der Waals surface area (Å²) in [4.78, 5) is 6.69. The molecule has 0 bridgehead atoms. The smallest absolute Gasteiger partial charge is 0.140 e. The number of aliphatic hydroxyl groups is 1.